The van der Waals surface area contributed by atoms with Crippen LogP contribution in [0.15, 0.2) is 48.5 Å². The highest BCUT2D eigenvalue weighted by atomic mass is 35.5. The molecule has 0 heterocycles. The molecule has 2 rings (SSSR count). The van der Waals surface area contributed by atoms with E-state index in [1.54, 1.807) is 24.3 Å². The molecule has 148 valence electrons. The zero-order valence-corrected chi connectivity index (χ0v) is 16.1. The van der Waals surface area contributed by atoms with E-state index in [2.05, 4.69) is 5.32 Å². The Labute approximate surface area is 167 Å². The summed E-state index contributed by atoms with van der Waals surface area (Å²) < 4.78 is 13.4. The van der Waals surface area contributed by atoms with Crippen molar-refractivity contribution in [1.29, 1.82) is 0 Å². The molecule has 28 heavy (non-hydrogen) atoms. The van der Waals surface area contributed by atoms with Crippen LogP contribution >= 0.6 is 11.6 Å². The minimum Gasteiger partial charge on any atom is -0.368 e. The number of hydrogen-bond donors (Lipinski definition) is 2. The number of amides is 3. The van der Waals surface area contributed by atoms with Crippen molar-refractivity contribution in [1.82, 2.24) is 10.2 Å². The van der Waals surface area contributed by atoms with Crippen molar-refractivity contribution in [2.75, 3.05) is 13.6 Å². The van der Waals surface area contributed by atoms with Crippen LogP contribution in [0.5, 0.6) is 0 Å². The number of primary amides is 1. The van der Waals surface area contributed by atoms with Gasteiger partial charge in [0, 0.05) is 30.6 Å². The van der Waals surface area contributed by atoms with Gasteiger partial charge in [-0.1, -0.05) is 23.7 Å². The lowest BCUT2D eigenvalue weighted by molar-refractivity contribution is -0.138. The average Bonchev–Trinajstić information content (AvgIpc) is 2.65. The predicted octanol–water partition coefficient (Wildman–Crippen LogP) is 2.67. The molecule has 0 aromatic heterocycles. The number of carbonyl (C=O) groups excluding carboxylic acids is 3. The van der Waals surface area contributed by atoms with E-state index >= 15 is 0 Å². The number of nitrogens with zero attached hydrogens (tertiary/aromatic N) is 1. The molecule has 1 atom stereocenters. The SMILES string of the molecule is CN(C(=O)CCCNC(=O)c1ccc(Cl)cc1)C(C(N)=O)c1cccc(F)c1. The van der Waals surface area contributed by atoms with Crippen molar-refractivity contribution in [3.05, 3.63) is 70.5 Å². The molecule has 0 aliphatic carbocycles. The number of halogens is 2. The molecule has 0 bridgehead atoms. The lowest BCUT2D eigenvalue weighted by atomic mass is 10.0. The molecular weight excluding hydrogens is 385 g/mol. The van der Waals surface area contributed by atoms with Gasteiger partial charge in [-0.05, 0) is 48.4 Å². The van der Waals surface area contributed by atoms with Crippen LogP contribution in [0.2, 0.25) is 5.02 Å². The summed E-state index contributed by atoms with van der Waals surface area (Å²) in [6.07, 6.45) is 0.466. The lowest BCUT2D eigenvalue weighted by Gasteiger charge is -2.26. The van der Waals surface area contributed by atoms with Crippen LogP contribution in [0.25, 0.3) is 0 Å². The summed E-state index contributed by atoms with van der Waals surface area (Å²) in [7, 11) is 1.44. The average molecular weight is 406 g/mol. The van der Waals surface area contributed by atoms with Gasteiger partial charge in [0.05, 0.1) is 0 Å². The first kappa shape index (κ1) is 21.4. The van der Waals surface area contributed by atoms with Gasteiger partial charge >= 0.3 is 0 Å². The van der Waals surface area contributed by atoms with Gasteiger partial charge in [-0.15, -0.1) is 0 Å². The highest BCUT2D eigenvalue weighted by molar-refractivity contribution is 6.30. The fourth-order valence-electron chi connectivity index (χ4n) is 2.72. The molecule has 2 aromatic rings. The van der Waals surface area contributed by atoms with Gasteiger partial charge in [0.1, 0.15) is 11.9 Å². The molecular formula is C20H21ClFN3O3. The Morgan fingerprint density at radius 3 is 2.46 bits per heavy atom. The maximum atomic E-state index is 13.4. The third-order valence-corrected chi connectivity index (χ3v) is 4.43. The van der Waals surface area contributed by atoms with Gasteiger partial charge in [0.15, 0.2) is 0 Å². The van der Waals surface area contributed by atoms with E-state index in [9.17, 15) is 18.8 Å². The van der Waals surface area contributed by atoms with Gasteiger partial charge in [0.25, 0.3) is 5.91 Å². The maximum Gasteiger partial charge on any atom is 0.251 e. The quantitative estimate of drug-likeness (QED) is 0.661. The van der Waals surface area contributed by atoms with Crippen LogP contribution in [0, 0.1) is 5.82 Å². The first-order valence-electron chi connectivity index (χ1n) is 8.64. The Morgan fingerprint density at radius 2 is 1.86 bits per heavy atom. The lowest BCUT2D eigenvalue weighted by Crippen LogP contribution is -2.39. The standard InChI is InChI=1S/C20H21ClFN3O3/c1-25(18(19(23)27)14-4-2-5-16(22)12-14)17(26)6-3-11-24-20(28)13-7-9-15(21)10-8-13/h2,4-5,7-10,12,18H,3,6,11H2,1H3,(H2,23,27)(H,24,28). The Balaban J connectivity index is 1.88. The monoisotopic (exact) mass is 405 g/mol. The van der Waals surface area contributed by atoms with Crippen molar-refractivity contribution >= 4 is 29.3 Å². The number of benzene rings is 2. The Kier molecular flexibility index (Phi) is 7.52. The second-order valence-corrected chi connectivity index (χ2v) is 6.67. The molecule has 0 fully saturated rings. The number of hydrogen-bond acceptors (Lipinski definition) is 3. The summed E-state index contributed by atoms with van der Waals surface area (Å²) in [5.41, 5.74) is 6.18. The molecule has 0 saturated carbocycles. The van der Waals surface area contributed by atoms with E-state index in [1.807, 2.05) is 0 Å². The smallest absolute Gasteiger partial charge is 0.251 e. The van der Waals surface area contributed by atoms with Crippen molar-refractivity contribution < 1.29 is 18.8 Å². The van der Waals surface area contributed by atoms with E-state index in [0.717, 1.165) is 0 Å². The Morgan fingerprint density at radius 1 is 1.18 bits per heavy atom. The summed E-state index contributed by atoms with van der Waals surface area (Å²) >= 11 is 5.78. The van der Waals surface area contributed by atoms with Gasteiger partial charge in [-0.25, -0.2) is 4.39 Å². The van der Waals surface area contributed by atoms with E-state index < -0.39 is 17.8 Å². The first-order valence-corrected chi connectivity index (χ1v) is 9.01. The van der Waals surface area contributed by atoms with Crippen LogP contribution in [0.1, 0.15) is 34.8 Å². The van der Waals surface area contributed by atoms with Crippen LogP contribution in [0.3, 0.4) is 0 Å². The topological polar surface area (TPSA) is 92.5 Å². The second kappa shape index (κ2) is 9.85. The summed E-state index contributed by atoms with van der Waals surface area (Å²) in [5, 5.41) is 3.24. The van der Waals surface area contributed by atoms with Gasteiger partial charge < -0.3 is 16.0 Å². The first-order chi connectivity index (χ1) is 13.3. The molecule has 6 nitrogen and oxygen atoms in total. The summed E-state index contributed by atoms with van der Waals surface area (Å²) in [6.45, 7) is 0.280. The largest absolute Gasteiger partial charge is 0.368 e. The molecule has 0 spiro atoms. The molecule has 0 saturated heterocycles. The van der Waals surface area contributed by atoms with Gasteiger partial charge in [0.2, 0.25) is 11.8 Å². The van der Waals surface area contributed by atoms with E-state index in [4.69, 9.17) is 17.3 Å². The molecule has 1 unspecified atom stereocenters. The third-order valence-electron chi connectivity index (χ3n) is 4.17. The number of nitrogens with one attached hydrogen (secondary N) is 1. The molecule has 3 amide bonds. The Hall–Kier alpha value is -2.93. The van der Waals surface area contributed by atoms with Crippen molar-refractivity contribution in [3.63, 3.8) is 0 Å². The van der Waals surface area contributed by atoms with Crippen LogP contribution in [-0.2, 0) is 9.59 Å². The van der Waals surface area contributed by atoms with Gasteiger partial charge in [-0.2, -0.15) is 0 Å². The fraction of sp³-hybridized carbons (Fsp3) is 0.250. The molecule has 0 aliphatic rings. The molecule has 0 radical (unpaired) electrons. The molecule has 0 aliphatic heterocycles. The molecule has 8 heteroatoms. The predicted molar refractivity (Wildman–Crippen MR) is 104 cm³/mol. The van der Waals surface area contributed by atoms with Crippen molar-refractivity contribution in [2.24, 2.45) is 5.73 Å². The minimum absolute atomic E-state index is 0.0937. The number of likely N-dealkylation sites (N-methyl/N-ethyl adjacent to an activating group) is 1. The van der Waals surface area contributed by atoms with Crippen molar-refractivity contribution in [3.8, 4) is 0 Å². The summed E-state index contributed by atoms with van der Waals surface area (Å²) in [5.74, 6) is -1.88. The van der Waals surface area contributed by atoms with Crippen LogP contribution in [-0.4, -0.2) is 36.2 Å². The zero-order chi connectivity index (χ0) is 20.7. The van der Waals surface area contributed by atoms with Crippen molar-refractivity contribution in [2.45, 2.75) is 18.9 Å². The molecule has 3 N–H and O–H groups in total. The normalized spacial score (nSPS) is 11.5. The molecule has 2 aromatic carbocycles. The maximum absolute atomic E-state index is 13.4. The zero-order valence-electron chi connectivity index (χ0n) is 15.3. The number of nitrogens with two attached hydrogens (primary N) is 1. The number of carbonyl (C=O) groups is 3. The Bertz CT molecular complexity index is 858. The fourth-order valence-corrected chi connectivity index (χ4v) is 2.85. The summed E-state index contributed by atoms with van der Waals surface area (Å²) in [4.78, 5) is 37.4. The number of rotatable bonds is 8. The van der Waals surface area contributed by atoms with E-state index in [1.165, 1.54) is 36.2 Å². The minimum atomic E-state index is -1.06. The highest BCUT2D eigenvalue weighted by Crippen LogP contribution is 2.21. The third kappa shape index (κ3) is 5.79. The van der Waals surface area contributed by atoms with Crippen LogP contribution < -0.4 is 11.1 Å². The van der Waals surface area contributed by atoms with Crippen LogP contribution in [0.4, 0.5) is 4.39 Å². The second-order valence-electron chi connectivity index (χ2n) is 6.23. The van der Waals surface area contributed by atoms with Gasteiger partial charge in [-0.3, -0.25) is 14.4 Å². The highest BCUT2D eigenvalue weighted by Gasteiger charge is 2.26. The van der Waals surface area contributed by atoms with E-state index in [0.29, 0.717) is 22.6 Å². The summed E-state index contributed by atoms with van der Waals surface area (Å²) in [6, 6.07) is 10.8. The van der Waals surface area contributed by atoms with E-state index in [-0.39, 0.29) is 24.8 Å².